The third kappa shape index (κ3) is 31.2. The molecule has 0 radical (unpaired) electrons. The molecular formula is C13H20KNaO22. The predicted molar refractivity (Wildman–Crippen MR) is 83.8 cm³/mol. The molecule has 0 amide bonds. The second-order valence-corrected chi connectivity index (χ2v) is 4.58. The molecule has 0 fully saturated rings. The molecule has 0 aliphatic heterocycles. The van der Waals surface area contributed by atoms with Gasteiger partial charge in [0.15, 0.2) is 0 Å². The molecule has 0 saturated carbocycles. The Morgan fingerprint density at radius 2 is 0.432 bits per heavy atom. The van der Waals surface area contributed by atoms with Crippen molar-refractivity contribution in [2.75, 3.05) is 0 Å². The minimum atomic E-state index is -2.44. The smallest absolute Gasteiger partial charge is 0.547 e. The summed E-state index contributed by atoms with van der Waals surface area (Å²) >= 11 is 0. The Bertz CT molecular complexity index is 504. The fourth-order valence-electron chi connectivity index (χ4n) is 0.773. The van der Waals surface area contributed by atoms with Crippen LogP contribution in [0.5, 0.6) is 0 Å². The van der Waals surface area contributed by atoms with Crippen molar-refractivity contribution in [2.24, 2.45) is 0 Å². The predicted octanol–water partition coefficient (Wildman–Crippen LogP) is -23.6. The molecule has 0 saturated heterocycles. The van der Waals surface area contributed by atoms with Crippen LogP contribution < -0.4 is 112 Å². The van der Waals surface area contributed by atoms with Crippen LogP contribution in [0.25, 0.3) is 0 Å². The first kappa shape index (κ1) is 65.3. The van der Waals surface area contributed by atoms with E-state index in [1.54, 1.807) is 0 Å². The van der Waals surface area contributed by atoms with Crippen molar-refractivity contribution in [3.05, 3.63) is 7.43 Å². The number of carbonyl (C=O) groups is 6. The fourth-order valence-corrected chi connectivity index (χ4v) is 0.773. The summed E-state index contributed by atoms with van der Waals surface area (Å²) in [6.45, 7) is 0. The van der Waals surface area contributed by atoms with Gasteiger partial charge in [0.05, 0.1) is 35.8 Å². The van der Waals surface area contributed by atoms with E-state index in [0.29, 0.717) is 0 Å². The van der Waals surface area contributed by atoms with Gasteiger partial charge < -0.3 is 112 Å². The molecular weight excluding hydrogens is 570 g/mol. The Kier molecular flexibility index (Phi) is 58.4. The summed E-state index contributed by atoms with van der Waals surface area (Å²) in [4.78, 5) is 57.8. The number of carbonyl (C=O) groups excluding carboxylic acids is 6. The number of aliphatic hydroxyl groups is 6. The molecule has 0 spiro atoms. The number of hydrogen-bond donors (Lipinski definition) is 6. The molecule has 6 atom stereocenters. The number of aliphatic hydroxyl groups excluding tert-OH is 6. The molecule has 0 aromatic rings. The quantitative estimate of drug-likeness (QED) is 0.136. The van der Waals surface area contributed by atoms with Gasteiger partial charge in [0.25, 0.3) is 0 Å². The topological polar surface area (TPSA) is 488 Å². The number of carboxylic acid groups (broad SMARTS) is 6. The third-order valence-electron chi connectivity index (χ3n) is 2.35. The van der Waals surface area contributed by atoms with Gasteiger partial charge in [-0.1, -0.05) is 0 Å². The average Bonchev–Trinajstić information content (AvgIpc) is 2.64. The molecule has 6 unspecified atom stereocenters. The van der Waals surface area contributed by atoms with E-state index in [-0.39, 0.29) is 110 Å². The van der Waals surface area contributed by atoms with Crippen molar-refractivity contribution >= 4 is 35.8 Å². The molecule has 22 nitrogen and oxygen atoms in total. The summed E-state index contributed by atoms with van der Waals surface area (Å²) in [7, 11) is 0. The van der Waals surface area contributed by atoms with E-state index in [9.17, 15) is 59.4 Å². The summed E-state index contributed by atoms with van der Waals surface area (Å²) < 4.78 is 0. The normalized spacial score (nSPS) is 12.8. The van der Waals surface area contributed by atoms with Gasteiger partial charge in [-0.3, -0.25) is 0 Å². The Morgan fingerprint density at radius 3 is 0.459 bits per heavy atom. The monoisotopic (exact) mass is 590 g/mol. The molecule has 24 heteroatoms. The van der Waals surface area contributed by atoms with Crippen LogP contribution in [0.1, 0.15) is 0 Å². The Hall–Kier alpha value is -0.944. The number of hydrogen-bond acceptors (Lipinski definition) is 18. The number of rotatable bonds is 9. The van der Waals surface area contributed by atoms with E-state index in [2.05, 4.69) is 0 Å². The van der Waals surface area contributed by atoms with Gasteiger partial charge in [0.2, 0.25) is 0 Å². The van der Waals surface area contributed by atoms with Crippen molar-refractivity contribution in [1.82, 2.24) is 0 Å². The average molecular weight is 590 g/mol. The molecule has 0 aliphatic rings. The summed E-state index contributed by atoms with van der Waals surface area (Å²) in [6, 6.07) is 0. The van der Waals surface area contributed by atoms with Crippen molar-refractivity contribution in [3.63, 3.8) is 0 Å². The standard InChI is InChI=1S/3C4H6O6.C.K.Na.4H2O/c3*5-1(3(7)8)2(6)4(9)10;;;;;;;/h3*1-2,5-6H,(H,7,8)(H,9,10);;;;4*1H2/q;;;+4;2*+1;;;;/p-6. The molecule has 37 heavy (non-hydrogen) atoms. The van der Waals surface area contributed by atoms with Crippen molar-refractivity contribution in [1.29, 1.82) is 0 Å². The number of aliphatic carboxylic acids is 6. The molecule has 0 aromatic heterocycles. The van der Waals surface area contributed by atoms with Crippen LogP contribution >= 0.6 is 0 Å². The van der Waals surface area contributed by atoms with Gasteiger partial charge >= 0.3 is 88.4 Å². The summed E-state index contributed by atoms with van der Waals surface area (Å²) in [5.74, 6) is -12.4. The maximum absolute atomic E-state index is 9.63. The van der Waals surface area contributed by atoms with Gasteiger partial charge in [-0.05, 0) is 0 Å². The van der Waals surface area contributed by atoms with Crippen LogP contribution in [0.4, 0.5) is 0 Å². The Morgan fingerprint density at radius 1 is 0.378 bits per heavy atom. The zero-order valence-electron chi connectivity index (χ0n) is 18.5. The van der Waals surface area contributed by atoms with Crippen molar-refractivity contribution in [3.8, 4) is 0 Å². The first-order valence-corrected chi connectivity index (χ1v) is 6.73. The minimum absolute atomic E-state index is 0. The van der Waals surface area contributed by atoms with Gasteiger partial charge in [-0.25, -0.2) is 0 Å². The zero-order valence-corrected chi connectivity index (χ0v) is 23.7. The van der Waals surface area contributed by atoms with Crippen LogP contribution in [0.2, 0.25) is 0 Å². The zero-order chi connectivity index (χ0) is 24.9. The fraction of sp³-hybridized carbons (Fsp3) is 0.462. The van der Waals surface area contributed by atoms with Crippen LogP contribution in [0, 0.1) is 7.43 Å². The van der Waals surface area contributed by atoms with Crippen LogP contribution in [0.3, 0.4) is 0 Å². The largest absolute Gasteiger partial charge is 4.00 e. The summed E-state index contributed by atoms with van der Waals surface area (Å²) in [5, 5.41) is 107. The van der Waals surface area contributed by atoms with E-state index in [1.807, 2.05) is 0 Å². The molecule has 0 rings (SSSR count). The molecule has 0 aliphatic carbocycles. The molecule has 0 bridgehead atoms. The summed E-state index contributed by atoms with van der Waals surface area (Å²) in [6.07, 6.45) is -14.6. The third-order valence-corrected chi connectivity index (χ3v) is 2.35. The molecule has 0 heterocycles. The van der Waals surface area contributed by atoms with Gasteiger partial charge in [-0.15, -0.1) is 0 Å². The first-order chi connectivity index (χ1) is 13.4. The van der Waals surface area contributed by atoms with Crippen molar-refractivity contribution < 1.29 is 193 Å². The van der Waals surface area contributed by atoms with Gasteiger partial charge in [-0.2, -0.15) is 0 Å². The van der Waals surface area contributed by atoms with E-state index in [4.69, 9.17) is 30.6 Å². The molecule has 14 N–H and O–H groups in total. The number of carboxylic acids is 6. The SMILES string of the molecule is O.O.O.O.O=C([O-])C(O)C(O)C(=O)[O-].O=C([O-])C(O)C(O)C(=O)[O-].O=C([O-])C(O)C(O)C(=O)[O-].[C+4].[K+].[Na+]. The second kappa shape index (κ2) is 33.1. The molecule has 206 valence electrons. The van der Waals surface area contributed by atoms with Crippen LogP contribution in [-0.4, -0.2) is 125 Å². The minimum Gasteiger partial charge on any atom is -0.547 e. The maximum Gasteiger partial charge on any atom is 4.00 e. The van der Waals surface area contributed by atoms with Crippen LogP contribution in [-0.2, 0) is 28.8 Å². The van der Waals surface area contributed by atoms with Crippen LogP contribution in [0.15, 0.2) is 0 Å². The van der Waals surface area contributed by atoms with E-state index >= 15 is 0 Å². The van der Waals surface area contributed by atoms with Crippen molar-refractivity contribution in [2.45, 2.75) is 36.6 Å². The molecule has 0 aromatic carbocycles. The van der Waals surface area contributed by atoms with Gasteiger partial charge in [0.1, 0.15) is 36.6 Å². The Balaban J connectivity index is -0.0000000337. The van der Waals surface area contributed by atoms with E-state index in [0.717, 1.165) is 0 Å². The first-order valence-electron chi connectivity index (χ1n) is 6.73. The second-order valence-electron chi connectivity index (χ2n) is 4.58. The van der Waals surface area contributed by atoms with Gasteiger partial charge in [0, 0.05) is 0 Å². The Labute approximate surface area is 270 Å². The summed E-state index contributed by atoms with van der Waals surface area (Å²) in [5.41, 5.74) is 0. The van der Waals surface area contributed by atoms with E-state index < -0.39 is 72.4 Å². The maximum atomic E-state index is 9.63. The van der Waals surface area contributed by atoms with E-state index in [1.165, 1.54) is 0 Å².